The second-order valence-electron chi connectivity index (χ2n) is 4.47. The van der Waals surface area contributed by atoms with Crippen LogP contribution in [0.25, 0.3) is 0 Å². The lowest BCUT2D eigenvalue weighted by Crippen LogP contribution is -2.39. The number of hydrogen-bond acceptors (Lipinski definition) is 3. The fourth-order valence-electron chi connectivity index (χ4n) is 2.36. The third kappa shape index (κ3) is 2.02. The smallest absolute Gasteiger partial charge is 0.314 e. The van der Waals surface area contributed by atoms with E-state index >= 15 is 0 Å². The average Bonchev–Trinajstić information content (AvgIpc) is 2.31. The number of aromatic hydroxyl groups is 1. The molecule has 1 fully saturated rings. The fraction of sp³-hybridized carbons (Fsp3) is 0.385. The molecule has 0 amide bonds. The Kier molecular flexibility index (Phi) is 2.88. The Morgan fingerprint density at radius 1 is 1.12 bits per heavy atom. The van der Waals surface area contributed by atoms with E-state index in [9.17, 15) is 19.8 Å². The van der Waals surface area contributed by atoms with E-state index in [4.69, 9.17) is 0 Å². The van der Waals surface area contributed by atoms with Crippen LogP contribution < -0.4 is 0 Å². The highest BCUT2D eigenvalue weighted by Gasteiger charge is 2.43. The third-order valence-electron chi connectivity index (χ3n) is 3.49. The first-order chi connectivity index (χ1) is 8.04. The van der Waals surface area contributed by atoms with Gasteiger partial charge in [0.1, 0.15) is 11.5 Å². The maximum absolute atomic E-state index is 11.5. The fourth-order valence-corrected chi connectivity index (χ4v) is 2.36. The molecular weight excluding hydrogens is 220 g/mol. The molecule has 2 N–H and O–H groups in total. The van der Waals surface area contributed by atoms with E-state index in [2.05, 4.69) is 0 Å². The molecule has 0 radical (unpaired) electrons. The van der Waals surface area contributed by atoms with Gasteiger partial charge in [-0.15, -0.1) is 0 Å². The second-order valence-corrected chi connectivity index (χ2v) is 4.47. The van der Waals surface area contributed by atoms with Gasteiger partial charge in [0, 0.05) is 12.8 Å². The first-order valence-corrected chi connectivity index (χ1v) is 5.59. The van der Waals surface area contributed by atoms with Crippen LogP contribution in [0, 0.1) is 0 Å². The van der Waals surface area contributed by atoms with Crippen molar-refractivity contribution in [1.82, 2.24) is 0 Å². The Morgan fingerprint density at radius 2 is 1.65 bits per heavy atom. The van der Waals surface area contributed by atoms with E-state index in [1.807, 2.05) is 0 Å². The summed E-state index contributed by atoms with van der Waals surface area (Å²) in [6, 6.07) is 6.21. The lowest BCUT2D eigenvalue weighted by atomic mass is 9.69. The van der Waals surface area contributed by atoms with Crippen molar-refractivity contribution in [2.75, 3.05) is 0 Å². The van der Waals surface area contributed by atoms with Gasteiger partial charge in [-0.2, -0.15) is 0 Å². The van der Waals surface area contributed by atoms with Gasteiger partial charge in [-0.1, -0.05) is 12.1 Å². The van der Waals surface area contributed by atoms with Crippen molar-refractivity contribution in [3.05, 3.63) is 29.8 Å². The molecule has 4 nitrogen and oxygen atoms in total. The highest BCUT2D eigenvalue weighted by atomic mass is 16.4. The van der Waals surface area contributed by atoms with Gasteiger partial charge < -0.3 is 10.2 Å². The van der Waals surface area contributed by atoms with Gasteiger partial charge in [0.05, 0.1) is 5.41 Å². The number of carboxylic acid groups (broad SMARTS) is 1. The summed E-state index contributed by atoms with van der Waals surface area (Å²) in [5.41, 5.74) is -0.308. The SMILES string of the molecule is O=C1CCC(C(=O)O)(c2ccc(O)cc2)CC1. The van der Waals surface area contributed by atoms with Crippen LogP contribution >= 0.6 is 0 Å². The second kappa shape index (κ2) is 4.20. The molecule has 1 aromatic carbocycles. The van der Waals surface area contributed by atoms with E-state index in [1.54, 1.807) is 12.1 Å². The van der Waals surface area contributed by atoms with E-state index in [-0.39, 0.29) is 11.5 Å². The Bertz CT molecular complexity index is 437. The molecule has 0 bridgehead atoms. The van der Waals surface area contributed by atoms with Crippen LogP contribution in [-0.4, -0.2) is 22.0 Å². The first-order valence-electron chi connectivity index (χ1n) is 5.59. The Balaban J connectivity index is 2.38. The number of hydrogen-bond donors (Lipinski definition) is 2. The molecule has 4 heteroatoms. The van der Waals surface area contributed by atoms with Crippen molar-refractivity contribution in [2.24, 2.45) is 0 Å². The molecule has 0 aliphatic heterocycles. The van der Waals surface area contributed by atoms with Crippen molar-refractivity contribution in [3.63, 3.8) is 0 Å². The number of carbonyl (C=O) groups excluding carboxylic acids is 1. The summed E-state index contributed by atoms with van der Waals surface area (Å²) in [6.07, 6.45) is 1.30. The Hall–Kier alpha value is -1.84. The van der Waals surface area contributed by atoms with Crippen LogP contribution in [-0.2, 0) is 15.0 Å². The third-order valence-corrected chi connectivity index (χ3v) is 3.49. The van der Waals surface area contributed by atoms with Gasteiger partial charge in [0.25, 0.3) is 0 Å². The summed E-state index contributed by atoms with van der Waals surface area (Å²) in [6.45, 7) is 0. The molecule has 0 spiro atoms. The molecule has 0 aromatic heterocycles. The number of aliphatic carboxylic acids is 1. The largest absolute Gasteiger partial charge is 0.508 e. The molecule has 1 saturated carbocycles. The first kappa shape index (κ1) is 11.6. The summed E-state index contributed by atoms with van der Waals surface area (Å²) >= 11 is 0. The zero-order valence-electron chi connectivity index (χ0n) is 9.35. The van der Waals surface area contributed by atoms with Gasteiger partial charge in [-0.25, -0.2) is 0 Å². The summed E-state index contributed by atoms with van der Waals surface area (Å²) in [5, 5.41) is 18.6. The van der Waals surface area contributed by atoms with Crippen LogP contribution in [0.2, 0.25) is 0 Å². The van der Waals surface area contributed by atoms with Gasteiger partial charge in [0.2, 0.25) is 0 Å². The number of rotatable bonds is 2. The van der Waals surface area contributed by atoms with E-state index in [0.717, 1.165) is 0 Å². The zero-order chi connectivity index (χ0) is 12.5. The van der Waals surface area contributed by atoms with Crippen LogP contribution in [0.5, 0.6) is 5.75 Å². The number of ketones is 1. The van der Waals surface area contributed by atoms with Crippen molar-refractivity contribution in [2.45, 2.75) is 31.1 Å². The maximum Gasteiger partial charge on any atom is 0.314 e. The van der Waals surface area contributed by atoms with Gasteiger partial charge >= 0.3 is 5.97 Å². The normalized spacial score (nSPS) is 18.9. The summed E-state index contributed by atoms with van der Waals surface area (Å²) < 4.78 is 0. The molecule has 2 rings (SSSR count). The molecule has 17 heavy (non-hydrogen) atoms. The minimum atomic E-state index is -0.971. The van der Waals surface area contributed by atoms with Crippen LogP contribution in [0.1, 0.15) is 31.2 Å². The van der Waals surface area contributed by atoms with Gasteiger partial charge in [0.15, 0.2) is 0 Å². The molecule has 0 atom stereocenters. The topological polar surface area (TPSA) is 74.6 Å². The molecule has 90 valence electrons. The molecule has 0 heterocycles. The number of phenolic OH excluding ortho intramolecular Hbond substituents is 1. The van der Waals surface area contributed by atoms with Crippen molar-refractivity contribution >= 4 is 11.8 Å². The minimum Gasteiger partial charge on any atom is -0.508 e. The summed E-state index contributed by atoms with van der Waals surface area (Å²) in [7, 11) is 0. The number of phenols is 1. The van der Waals surface area contributed by atoms with Crippen LogP contribution in [0.4, 0.5) is 0 Å². The molecule has 1 aliphatic rings. The van der Waals surface area contributed by atoms with Crippen LogP contribution in [0.15, 0.2) is 24.3 Å². The van der Waals surface area contributed by atoms with Gasteiger partial charge in [-0.05, 0) is 30.5 Å². The summed E-state index contributed by atoms with van der Waals surface area (Å²) in [4.78, 5) is 22.7. The Labute approximate surface area is 98.9 Å². The van der Waals surface area contributed by atoms with Crippen molar-refractivity contribution < 1.29 is 19.8 Å². The van der Waals surface area contributed by atoms with E-state index in [1.165, 1.54) is 12.1 Å². The highest BCUT2D eigenvalue weighted by molar-refractivity contribution is 5.87. The van der Waals surface area contributed by atoms with E-state index < -0.39 is 11.4 Å². The predicted molar refractivity (Wildman–Crippen MR) is 60.9 cm³/mol. The van der Waals surface area contributed by atoms with Gasteiger partial charge in [-0.3, -0.25) is 9.59 Å². The molecule has 1 aliphatic carbocycles. The Morgan fingerprint density at radius 3 is 2.12 bits per heavy atom. The van der Waals surface area contributed by atoms with E-state index in [0.29, 0.717) is 31.2 Å². The molecule has 0 unspecified atom stereocenters. The molecule has 0 saturated heterocycles. The molecule has 1 aromatic rings. The number of carboxylic acids is 1. The molecular formula is C13H14O4. The van der Waals surface area contributed by atoms with Crippen LogP contribution in [0.3, 0.4) is 0 Å². The van der Waals surface area contributed by atoms with Crippen molar-refractivity contribution in [1.29, 1.82) is 0 Å². The number of Topliss-reactive ketones (excluding diaryl/α,β-unsaturated/α-hetero) is 1. The maximum atomic E-state index is 11.5. The lowest BCUT2D eigenvalue weighted by molar-refractivity contribution is -0.146. The highest BCUT2D eigenvalue weighted by Crippen LogP contribution is 2.39. The standard InChI is InChI=1S/C13H14O4/c14-10-3-1-9(2-4-10)13(12(16)17)7-5-11(15)6-8-13/h1-4,14H,5-8H2,(H,16,17). The zero-order valence-corrected chi connectivity index (χ0v) is 9.35. The minimum absolute atomic E-state index is 0.112. The lowest BCUT2D eigenvalue weighted by Gasteiger charge is -2.33. The quantitative estimate of drug-likeness (QED) is 0.819. The number of carbonyl (C=O) groups is 2. The summed E-state index contributed by atoms with van der Waals surface area (Å²) in [5.74, 6) is -0.655. The van der Waals surface area contributed by atoms with Crippen molar-refractivity contribution in [3.8, 4) is 5.75 Å². The number of benzene rings is 1. The monoisotopic (exact) mass is 234 g/mol. The predicted octanol–water partition coefficient (Wildman–Crippen LogP) is 1.86. The average molecular weight is 234 g/mol.